The van der Waals surface area contributed by atoms with E-state index in [2.05, 4.69) is 47.9 Å². The topological polar surface area (TPSA) is 41.1 Å². The predicted octanol–water partition coefficient (Wildman–Crippen LogP) is 5.87. The second-order valence-corrected chi connectivity index (χ2v) is 7.19. The Bertz CT molecular complexity index is 1090. The first-order chi connectivity index (χ1) is 14.2. The van der Waals surface area contributed by atoms with Crippen LogP contribution in [0.2, 0.25) is 0 Å². The summed E-state index contributed by atoms with van der Waals surface area (Å²) in [5, 5.41) is 8.96. The molecule has 0 radical (unpaired) electrons. The van der Waals surface area contributed by atoms with Crippen molar-refractivity contribution in [2.45, 2.75) is 19.0 Å². The summed E-state index contributed by atoms with van der Waals surface area (Å²) in [7, 11) is 0. The molecule has 2 N–H and O–H groups in total. The Hall–Kier alpha value is -3.43. The van der Waals surface area contributed by atoms with Crippen LogP contribution in [0.1, 0.15) is 30.1 Å². The molecule has 0 aliphatic rings. The first-order valence-corrected chi connectivity index (χ1v) is 9.86. The van der Waals surface area contributed by atoms with Crippen LogP contribution in [0.25, 0.3) is 10.8 Å². The van der Waals surface area contributed by atoms with E-state index in [1.165, 1.54) is 10.8 Å². The molecular weight excluding hydrogens is 356 g/mol. The predicted molar refractivity (Wildman–Crippen MR) is 120 cm³/mol. The van der Waals surface area contributed by atoms with Gasteiger partial charge in [0.1, 0.15) is 6.04 Å². The van der Waals surface area contributed by atoms with E-state index in [0.29, 0.717) is 0 Å². The highest BCUT2D eigenvalue weighted by Crippen LogP contribution is 2.24. The van der Waals surface area contributed by atoms with Crippen LogP contribution >= 0.6 is 0 Å². The maximum atomic E-state index is 13.1. The van der Waals surface area contributed by atoms with Crippen molar-refractivity contribution in [2.24, 2.45) is 0 Å². The Labute approximate surface area is 171 Å². The first kappa shape index (κ1) is 18.9. The van der Waals surface area contributed by atoms with Gasteiger partial charge in [-0.3, -0.25) is 10.1 Å². The molecule has 0 bridgehead atoms. The molecule has 0 aromatic heterocycles. The van der Waals surface area contributed by atoms with Gasteiger partial charge in [0.25, 0.3) is 0 Å². The molecule has 29 heavy (non-hydrogen) atoms. The smallest absolute Gasteiger partial charge is 0.246 e. The van der Waals surface area contributed by atoms with Gasteiger partial charge in [0.2, 0.25) is 5.91 Å². The molecule has 0 aliphatic carbocycles. The Morgan fingerprint density at radius 3 is 2.03 bits per heavy atom. The number of carbonyl (C=O) groups excluding carboxylic acids is 1. The average Bonchev–Trinajstić information content (AvgIpc) is 2.78. The van der Waals surface area contributed by atoms with E-state index >= 15 is 0 Å². The van der Waals surface area contributed by atoms with E-state index in [1.807, 2.05) is 72.8 Å². The Morgan fingerprint density at radius 1 is 0.690 bits per heavy atom. The fraction of sp³-hybridized carbons (Fsp3) is 0.115. The number of carbonyl (C=O) groups is 1. The van der Waals surface area contributed by atoms with Crippen LogP contribution in [0, 0.1) is 0 Å². The molecule has 1 unspecified atom stereocenters. The van der Waals surface area contributed by atoms with Gasteiger partial charge in [-0.25, -0.2) is 0 Å². The number of anilines is 1. The zero-order chi connectivity index (χ0) is 20.1. The van der Waals surface area contributed by atoms with Crippen LogP contribution in [-0.2, 0) is 4.79 Å². The lowest BCUT2D eigenvalue weighted by molar-refractivity contribution is -0.118. The summed E-state index contributed by atoms with van der Waals surface area (Å²) < 4.78 is 0. The SMILES string of the molecule is C[C@@H](NC(C(=O)Nc1ccccc1)c1ccccc1)c1ccc2ccccc2c1. The third-order valence-electron chi connectivity index (χ3n) is 5.13. The first-order valence-electron chi connectivity index (χ1n) is 9.86. The minimum Gasteiger partial charge on any atom is -0.324 e. The van der Waals surface area contributed by atoms with Crippen LogP contribution in [-0.4, -0.2) is 5.91 Å². The van der Waals surface area contributed by atoms with Gasteiger partial charge in [-0.2, -0.15) is 0 Å². The number of hydrogen-bond acceptors (Lipinski definition) is 2. The molecule has 4 aromatic rings. The van der Waals surface area contributed by atoms with Crippen LogP contribution < -0.4 is 10.6 Å². The number of nitrogens with one attached hydrogen (secondary N) is 2. The van der Waals surface area contributed by atoms with Gasteiger partial charge >= 0.3 is 0 Å². The van der Waals surface area contributed by atoms with Crippen molar-refractivity contribution in [1.82, 2.24) is 5.32 Å². The van der Waals surface area contributed by atoms with Crippen LogP contribution in [0.4, 0.5) is 5.69 Å². The molecule has 0 aliphatic heterocycles. The lowest BCUT2D eigenvalue weighted by Crippen LogP contribution is -2.34. The lowest BCUT2D eigenvalue weighted by atomic mass is 10.00. The van der Waals surface area contributed by atoms with Crippen molar-refractivity contribution >= 4 is 22.4 Å². The number of rotatable bonds is 6. The molecule has 2 atom stereocenters. The van der Waals surface area contributed by atoms with Crippen molar-refractivity contribution < 1.29 is 4.79 Å². The molecule has 0 heterocycles. The Kier molecular flexibility index (Phi) is 5.68. The van der Waals surface area contributed by atoms with Crippen molar-refractivity contribution in [3.05, 3.63) is 114 Å². The minimum absolute atomic E-state index is 0.00587. The Balaban J connectivity index is 1.59. The average molecular weight is 380 g/mol. The molecule has 4 aromatic carbocycles. The Morgan fingerprint density at radius 2 is 1.31 bits per heavy atom. The molecule has 3 heteroatoms. The number of benzene rings is 4. The summed E-state index contributed by atoms with van der Waals surface area (Å²) in [4.78, 5) is 13.1. The lowest BCUT2D eigenvalue weighted by Gasteiger charge is -2.24. The molecule has 0 spiro atoms. The standard InChI is InChI=1S/C26H24N2O/c1-19(22-17-16-20-10-8-9-13-23(20)18-22)27-25(21-11-4-2-5-12-21)26(29)28-24-14-6-3-7-15-24/h2-19,25,27H,1H3,(H,28,29)/t19-,25?/m1/s1. The number of para-hydroxylation sites is 1. The van der Waals surface area contributed by atoms with Gasteiger partial charge in [-0.15, -0.1) is 0 Å². The third kappa shape index (κ3) is 4.53. The van der Waals surface area contributed by atoms with Gasteiger partial charge in [0, 0.05) is 11.7 Å². The molecule has 0 fully saturated rings. The highest BCUT2D eigenvalue weighted by molar-refractivity contribution is 5.95. The molecule has 144 valence electrons. The highest BCUT2D eigenvalue weighted by Gasteiger charge is 2.23. The third-order valence-corrected chi connectivity index (χ3v) is 5.13. The number of hydrogen-bond donors (Lipinski definition) is 2. The quantitative estimate of drug-likeness (QED) is 0.439. The summed E-state index contributed by atoms with van der Waals surface area (Å²) in [5.74, 6) is -0.0740. The van der Waals surface area contributed by atoms with E-state index in [-0.39, 0.29) is 11.9 Å². The van der Waals surface area contributed by atoms with Gasteiger partial charge in [0.05, 0.1) is 0 Å². The maximum absolute atomic E-state index is 13.1. The van der Waals surface area contributed by atoms with Crippen LogP contribution in [0.5, 0.6) is 0 Å². The fourth-order valence-electron chi connectivity index (χ4n) is 3.53. The zero-order valence-corrected chi connectivity index (χ0v) is 16.4. The van der Waals surface area contributed by atoms with Gasteiger partial charge in [-0.05, 0) is 47.0 Å². The molecule has 3 nitrogen and oxygen atoms in total. The minimum atomic E-state index is -0.460. The highest BCUT2D eigenvalue weighted by atomic mass is 16.2. The molecule has 4 rings (SSSR count). The van der Waals surface area contributed by atoms with E-state index in [1.54, 1.807) is 0 Å². The molecule has 0 saturated heterocycles. The van der Waals surface area contributed by atoms with E-state index in [0.717, 1.165) is 16.8 Å². The second kappa shape index (κ2) is 8.72. The van der Waals surface area contributed by atoms with Crippen LogP contribution in [0.15, 0.2) is 103 Å². The molecule has 1 amide bonds. The summed E-state index contributed by atoms with van der Waals surface area (Å²) in [5.41, 5.74) is 2.88. The van der Waals surface area contributed by atoms with Crippen LogP contribution in [0.3, 0.4) is 0 Å². The maximum Gasteiger partial charge on any atom is 0.246 e. The van der Waals surface area contributed by atoms with E-state index in [4.69, 9.17) is 0 Å². The number of fused-ring (bicyclic) bond motifs is 1. The van der Waals surface area contributed by atoms with Gasteiger partial charge in [0.15, 0.2) is 0 Å². The second-order valence-electron chi connectivity index (χ2n) is 7.19. The molecular formula is C26H24N2O. The summed E-state index contributed by atoms with van der Waals surface area (Å²) >= 11 is 0. The summed E-state index contributed by atoms with van der Waals surface area (Å²) in [6.45, 7) is 2.09. The summed E-state index contributed by atoms with van der Waals surface area (Å²) in [6.07, 6.45) is 0. The van der Waals surface area contributed by atoms with Crippen molar-refractivity contribution in [2.75, 3.05) is 5.32 Å². The zero-order valence-electron chi connectivity index (χ0n) is 16.4. The normalized spacial score (nSPS) is 13.0. The van der Waals surface area contributed by atoms with E-state index in [9.17, 15) is 4.79 Å². The van der Waals surface area contributed by atoms with Crippen molar-refractivity contribution in [1.29, 1.82) is 0 Å². The summed E-state index contributed by atoms with van der Waals surface area (Å²) in [6, 6.07) is 33.7. The number of amides is 1. The monoisotopic (exact) mass is 380 g/mol. The van der Waals surface area contributed by atoms with Gasteiger partial charge < -0.3 is 5.32 Å². The fourth-order valence-corrected chi connectivity index (χ4v) is 3.53. The van der Waals surface area contributed by atoms with Gasteiger partial charge in [-0.1, -0.05) is 84.9 Å². The van der Waals surface area contributed by atoms with Crippen molar-refractivity contribution in [3.63, 3.8) is 0 Å². The largest absolute Gasteiger partial charge is 0.324 e. The van der Waals surface area contributed by atoms with Crippen molar-refractivity contribution in [3.8, 4) is 0 Å². The van der Waals surface area contributed by atoms with E-state index < -0.39 is 6.04 Å². The molecule has 0 saturated carbocycles.